The minimum absolute atomic E-state index is 0.0312. The molecule has 0 atom stereocenters. The Morgan fingerprint density at radius 2 is 1.53 bits per heavy atom. The summed E-state index contributed by atoms with van der Waals surface area (Å²) in [5.41, 5.74) is 2.01. The monoisotopic (exact) mass is 428 g/mol. The maximum Gasteiger partial charge on any atom is 0.263 e. The van der Waals surface area contributed by atoms with Crippen LogP contribution >= 0.6 is 11.3 Å². The van der Waals surface area contributed by atoms with E-state index in [0.717, 1.165) is 34.2 Å². The summed E-state index contributed by atoms with van der Waals surface area (Å²) in [5.74, 6) is 0.858. The van der Waals surface area contributed by atoms with Gasteiger partial charge in [0, 0.05) is 6.04 Å². The summed E-state index contributed by atoms with van der Waals surface area (Å²) in [4.78, 5) is 18.3. The average molecular weight is 429 g/mol. The van der Waals surface area contributed by atoms with Gasteiger partial charge in [0.05, 0.1) is 5.69 Å². The lowest BCUT2D eigenvalue weighted by molar-refractivity contribution is 0.0934. The van der Waals surface area contributed by atoms with E-state index < -0.39 is 0 Å². The van der Waals surface area contributed by atoms with Crippen molar-refractivity contribution in [2.75, 3.05) is 0 Å². The summed E-state index contributed by atoms with van der Waals surface area (Å²) in [6.45, 7) is 4.37. The van der Waals surface area contributed by atoms with Crippen molar-refractivity contribution in [1.82, 2.24) is 10.3 Å². The number of aryl methyl sites for hydroxylation is 2. The van der Waals surface area contributed by atoms with E-state index in [1.165, 1.54) is 74.7 Å². The minimum atomic E-state index is 0.0312. The predicted molar refractivity (Wildman–Crippen MR) is 124 cm³/mol. The van der Waals surface area contributed by atoms with Crippen molar-refractivity contribution in [3.05, 3.63) is 45.4 Å². The van der Waals surface area contributed by atoms with Gasteiger partial charge in [-0.3, -0.25) is 4.79 Å². The van der Waals surface area contributed by atoms with Gasteiger partial charge < -0.3 is 10.1 Å². The molecule has 1 aromatic carbocycles. The van der Waals surface area contributed by atoms with Crippen LogP contribution < -0.4 is 10.1 Å². The van der Waals surface area contributed by atoms with Crippen molar-refractivity contribution < 1.29 is 9.53 Å². The van der Waals surface area contributed by atoms with Gasteiger partial charge in [-0.25, -0.2) is 4.98 Å². The summed E-state index contributed by atoms with van der Waals surface area (Å²) in [6.07, 6.45) is 14.0. The molecule has 1 N–H and O–H groups in total. The van der Waals surface area contributed by atoms with E-state index in [9.17, 15) is 4.79 Å². The lowest BCUT2D eigenvalue weighted by Gasteiger charge is -2.19. The maximum absolute atomic E-state index is 13.0. The maximum atomic E-state index is 13.0. The molecule has 5 heteroatoms. The number of carbonyl (C=O) groups excluding carboxylic acids is 1. The standard InChI is InChI=1S/C25H36N2O2S/c1-19-14-16-22(17-15-19)29-18-23-26-20(2)24(30-23)25(28)27-21-12-10-8-6-4-3-5-7-9-11-13-21/h14-17,21H,3-13,18H2,1-2H3,(H,27,28). The fourth-order valence-electron chi connectivity index (χ4n) is 4.06. The molecular formula is C25H36N2O2S. The summed E-state index contributed by atoms with van der Waals surface area (Å²) < 4.78 is 5.84. The van der Waals surface area contributed by atoms with Crippen LogP contribution in [0.25, 0.3) is 0 Å². The highest BCUT2D eigenvalue weighted by atomic mass is 32.1. The molecule has 0 radical (unpaired) electrons. The molecule has 1 fully saturated rings. The Morgan fingerprint density at radius 3 is 2.13 bits per heavy atom. The predicted octanol–water partition coefficient (Wildman–Crippen LogP) is 6.74. The molecule has 30 heavy (non-hydrogen) atoms. The van der Waals surface area contributed by atoms with Gasteiger partial charge in [-0.05, 0) is 38.8 Å². The molecule has 1 aromatic heterocycles. The Balaban J connectivity index is 1.54. The highest BCUT2D eigenvalue weighted by Gasteiger charge is 2.19. The number of carbonyl (C=O) groups is 1. The molecule has 2 aromatic rings. The largest absolute Gasteiger partial charge is 0.486 e. The molecule has 0 aliphatic heterocycles. The SMILES string of the molecule is Cc1ccc(OCc2nc(C)c(C(=O)NC3CCCCCCCCCCC3)s2)cc1. The van der Waals surface area contributed by atoms with Gasteiger partial charge in [-0.1, -0.05) is 75.5 Å². The third-order valence-electron chi connectivity index (χ3n) is 5.87. The van der Waals surface area contributed by atoms with E-state index in [-0.39, 0.29) is 11.9 Å². The molecule has 0 unspecified atom stereocenters. The number of aromatic nitrogens is 1. The third kappa shape index (κ3) is 7.42. The first-order valence-electron chi connectivity index (χ1n) is 11.6. The molecule has 1 aliphatic rings. The van der Waals surface area contributed by atoms with Crippen molar-refractivity contribution in [2.24, 2.45) is 0 Å². The fourth-order valence-corrected chi connectivity index (χ4v) is 4.94. The third-order valence-corrected chi connectivity index (χ3v) is 7.00. The van der Waals surface area contributed by atoms with Crippen molar-refractivity contribution >= 4 is 17.2 Å². The van der Waals surface area contributed by atoms with E-state index >= 15 is 0 Å². The quantitative estimate of drug-likeness (QED) is 0.573. The Kier molecular flexibility index (Phi) is 9.19. The smallest absolute Gasteiger partial charge is 0.263 e. The molecule has 0 spiro atoms. The Bertz CT molecular complexity index is 773. The summed E-state index contributed by atoms with van der Waals surface area (Å²) in [5, 5.41) is 4.16. The van der Waals surface area contributed by atoms with Crippen molar-refractivity contribution in [2.45, 2.75) is 97.1 Å². The molecule has 3 rings (SSSR count). The van der Waals surface area contributed by atoms with Crippen LogP contribution in [-0.2, 0) is 6.61 Å². The van der Waals surface area contributed by atoms with Crippen LogP contribution in [0.4, 0.5) is 0 Å². The van der Waals surface area contributed by atoms with Gasteiger partial charge in [-0.2, -0.15) is 0 Å². The number of thiazole rings is 1. The number of nitrogens with one attached hydrogen (secondary N) is 1. The zero-order chi connectivity index (χ0) is 21.2. The molecule has 1 heterocycles. The molecule has 1 amide bonds. The first-order chi connectivity index (χ1) is 14.6. The molecule has 0 saturated heterocycles. The van der Waals surface area contributed by atoms with E-state index in [0.29, 0.717) is 6.61 Å². The van der Waals surface area contributed by atoms with Crippen molar-refractivity contribution in [1.29, 1.82) is 0 Å². The van der Waals surface area contributed by atoms with Gasteiger partial charge in [0.2, 0.25) is 0 Å². The van der Waals surface area contributed by atoms with Crippen LogP contribution in [0.2, 0.25) is 0 Å². The van der Waals surface area contributed by atoms with E-state index in [1.807, 2.05) is 31.2 Å². The van der Waals surface area contributed by atoms with Gasteiger partial charge in [0.1, 0.15) is 22.2 Å². The Labute approximate surface area is 185 Å². The first kappa shape index (κ1) is 22.8. The summed E-state index contributed by atoms with van der Waals surface area (Å²) in [6, 6.07) is 8.28. The van der Waals surface area contributed by atoms with Gasteiger partial charge in [0.25, 0.3) is 5.91 Å². The van der Waals surface area contributed by atoms with Crippen molar-refractivity contribution in [3.63, 3.8) is 0 Å². The van der Waals surface area contributed by atoms with E-state index in [4.69, 9.17) is 4.74 Å². The van der Waals surface area contributed by atoms with E-state index in [2.05, 4.69) is 17.2 Å². The lowest BCUT2D eigenvalue weighted by Crippen LogP contribution is -2.34. The van der Waals surface area contributed by atoms with Gasteiger partial charge >= 0.3 is 0 Å². The van der Waals surface area contributed by atoms with Crippen molar-refractivity contribution in [3.8, 4) is 5.75 Å². The number of amides is 1. The molecule has 0 bridgehead atoms. The fraction of sp³-hybridized carbons (Fsp3) is 0.600. The topological polar surface area (TPSA) is 51.2 Å². The highest BCUT2D eigenvalue weighted by molar-refractivity contribution is 7.13. The number of ether oxygens (including phenoxy) is 1. The first-order valence-corrected chi connectivity index (χ1v) is 12.4. The number of nitrogens with zero attached hydrogens (tertiary/aromatic N) is 1. The van der Waals surface area contributed by atoms with Crippen LogP contribution in [0.1, 0.15) is 96.6 Å². The number of hydrogen-bond donors (Lipinski definition) is 1. The molecule has 4 nitrogen and oxygen atoms in total. The second kappa shape index (κ2) is 12.1. The molecule has 1 saturated carbocycles. The number of hydrogen-bond acceptors (Lipinski definition) is 4. The number of benzene rings is 1. The number of rotatable bonds is 5. The van der Waals surface area contributed by atoms with Crippen LogP contribution in [0.5, 0.6) is 5.75 Å². The Morgan fingerprint density at radius 1 is 0.967 bits per heavy atom. The summed E-state index contributed by atoms with van der Waals surface area (Å²) in [7, 11) is 0. The van der Waals surface area contributed by atoms with Crippen LogP contribution in [0.3, 0.4) is 0 Å². The minimum Gasteiger partial charge on any atom is -0.486 e. The Hall–Kier alpha value is -1.88. The van der Waals surface area contributed by atoms with Crippen LogP contribution in [0, 0.1) is 13.8 Å². The average Bonchev–Trinajstić information content (AvgIpc) is 3.10. The highest BCUT2D eigenvalue weighted by Crippen LogP contribution is 2.22. The van der Waals surface area contributed by atoms with E-state index in [1.54, 1.807) is 0 Å². The van der Waals surface area contributed by atoms with Crippen LogP contribution in [0.15, 0.2) is 24.3 Å². The van der Waals surface area contributed by atoms with Gasteiger partial charge in [-0.15, -0.1) is 11.3 Å². The zero-order valence-corrected chi connectivity index (χ0v) is 19.4. The normalized spacial score (nSPS) is 17.0. The molecule has 1 aliphatic carbocycles. The second-order valence-corrected chi connectivity index (χ2v) is 9.64. The molecular weight excluding hydrogens is 392 g/mol. The zero-order valence-electron chi connectivity index (χ0n) is 18.5. The van der Waals surface area contributed by atoms with Crippen LogP contribution in [-0.4, -0.2) is 16.9 Å². The lowest BCUT2D eigenvalue weighted by atomic mass is 9.98. The molecule has 164 valence electrons. The van der Waals surface area contributed by atoms with Gasteiger partial charge in [0.15, 0.2) is 0 Å². The second-order valence-electron chi connectivity index (χ2n) is 8.55. The summed E-state index contributed by atoms with van der Waals surface area (Å²) >= 11 is 1.45.